The summed E-state index contributed by atoms with van der Waals surface area (Å²) in [7, 11) is -3.72. The van der Waals surface area contributed by atoms with E-state index in [-0.39, 0.29) is 25.3 Å². The van der Waals surface area contributed by atoms with Crippen LogP contribution in [0.1, 0.15) is 20.3 Å². The van der Waals surface area contributed by atoms with E-state index in [9.17, 15) is 18.0 Å². The van der Waals surface area contributed by atoms with Crippen LogP contribution in [-0.4, -0.2) is 41.7 Å². The largest absolute Gasteiger partial charge is 0.508 e. The summed E-state index contributed by atoms with van der Waals surface area (Å²) >= 11 is 0. The average Bonchev–Trinajstić information content (AvgIpc) is 2.36. The molecule has 0 aliphatic carbocycles. The number of aromatic hydroxyl groups is 1. The molecule has 1 unspecified atom stereocenters. The maximum absolute atomic E-state index is 11.9. The molecule has 21 heavy (non-hydrogen) atoms. The van der Waals surface area contributed by atoms with Gasteiger partial charge in [0.1, 0.15) is 5.75 Å². The Kier molecular flexibility index (Phi) is 5.16. The summed E-state index contributed by atoms with van der Waals surface area (Å²) in [4.78, 5) is 23.6. The summed E-state index contributed by atoms with van der Waals surface area (Å²) in [6, 6.07) is 2.33. The van der Waals surface area contributed by atoms with Gasteiger partial charge in [-0.3, -0.25) is 9.59 Å². The van der Waals surface area contributed by atoms with Crippen LogP contribution in [0.5, 0.6) is 5.75 Å². The molecular weight excluding hydrogens is 298 g/mol. The molecule has 0 fully saturated rings. The van der Waals surface area contributed by atoms with Crippen molar-refractivity contribution in [3.05, 3.63) is 28.7 Å². The molecule has 0 saturated heterocycles. The van der Waals surface area contributed by atoms with E-state index in [1.54, 1.807) is 6.92 Å². The Hall–Kier alpha value is -1.83. The molecule has 0 radical (unpaired) electrons. The number of hydrogen-bond donors (Lipinski definition) is 1. The molecule has 1 aromatic heterocycles. The van der Waals surface area contributed by atoms with Gasteiger partial charge in [0.15, 0.2) is 14.6 Å². The third kappa shape index (κ3) is 3.84. The number of carbonyl (C=O) groups excluding carboxylic acids is 1. The second-order valence-corrected chi connectivity index (χ2v) is 7.34. The highest BCUT2D eigenvalue weighted by Gasteiger charge is 2.44. The van der Waals surface area contributed by atoms with Crippen LogP contribution < -0.4 is 5.56 Å². The molecule has 1 N–H and O–H groups in total. The third-order valence-electron chi connectivity index (χ3n) is 3.34. The van der Waals surface area contributed by atoms with E-state index in [1.165, 1.54) is 23.8 Å². The topological polar surface area (TPSA) is 103 Å². The number of rotatable bonds is 6. The second-order valence-electron chi connectivity index (χ2n) is 4.89. The quantitative estimate of drug-likeness (QED) is 0.758. The molecule has 0 aliphatic heterocycles. The van der Waals surface area contributed by atoms with Gasteiger partial charge in [-0.05, 0) is 26.3 Å². The zero-order valence-electron chi connectivity index (χ0n) is 12.2. The lowest BCUT2D eigenvalue weighted by atomic mass is 10.1. The number of ether oxygens (including phenoxy) is 1. The highest BCUT2D eigenvalue weighted by atomic mass is 32.2. The monoisotopic (exact) mass is 317 g/mol. The van der Waals surface area contributed by atoms with Crippen molar-refractivity contribution in [1.29, 1.82) is 0 Å². The standard InChI is InChI=1S/C13H19NO6S/c1-4-20-12(17)13(2,21(3,18)19)6-8-14-7-5-10(15)9-11(14)16/h5,7,9,15H,4,6,8H2,1-3H3. The van der Waals surface area contributed by atoms with Crippen molar-refractivity contribution < 1.29 is 23.1 Å². The Morgan fingerprint density at radius 3 is 2.57 bits per heavy atom. The van der Waals surface area contributed by atoms with E-state index in [0.29, 0.717) is 0 Å². The van der Waals surface area contributed by atoms with Gasteiger partial charge < -0.3 is 14.4 Å². The smallest absolute Gasteiger partial charge is 0.327 e. The lowest BCUT2D eigenvalue weighted by molar-refractivity contribution is -0.146. The summed E-state index contributed by atoms with van der Waals surface area (Å²) in [5.74, 6) is -1.01. The predicted molar refractivity (Wildman–Crippen MR) is 76.9 cm³/mol. The van der Waals surface area contributed by atoms with Crippen LogP contribution in [0.15, 0.2) is 23.1 Å². The number of pyridine rings is 1. The van der Waals surface area contributed by atoms with Crippen molar-refractivity contribution in [2.45, 2.75) is 31.6 Å². The van der Waals surface area contributed by atoms with E-state index in [2.05, 4.69) is 0 Å². The van der Waals surface area contributed by atoms with Gasteiger partial charge in [0.05, 0.1) is 6.61 Å². The van der Waals surface area contributed by atoms with E-state index in [4.69, 9.17) is 9.84 Å². The molecule has 1 atom stereocenters. The summed E-state index contributed by atoms with van der Waals surface area (Å²) in [5.41, 5.74) is -0.477. The van der Waals surface area contributed by atoms with Gasteiger partial charge in [-0.25, -0.2) is 8.42 Å². The predicted octanol–water partition coefficient (Wildman–Crippen LogP) is 0.310. The van der Waals surface area contributed by atoms with Crippen molar-refractivity contribution in [2.24, 2.45) is 0 Å². The van der Waals surface area contributed by atoms with Crippen LogP contribution in [0.4, 0.5) is 0 Å². The van der Waals surface area contributed by atoms with Crippen LogP contribution in [0.25, 0.3) is 0 Å². The molecule has 1 heterocycles. The van der Waals surface area contributed by atoms with Gasteiger partial charge >= 0.3 is 5.97 Å². The summed E-state index contributed by atoms with van der Waals surface area (Å²) in [5, 5.41) is 9.17. The van der Waals surface area contributed by atoms with Crippen LogP contribution in [-0.2, 0) is 25.9 Å². The minimum absolute atomic E-state index is 0.0154. The molecule has 0 saturated carbocycles. The van der Waals surface area contributed by atoms with Crippen LogP contribution in [0.3, 0.4) is 0 Å². The Labute approximate surface area is 123 Å². The normalized spacial score (nSPS) is 14.4. The van der Waals surface area contributed by atoms with E-state index < -0.39 is 26.1 Å². The molecular formula is C13H19NO6S. The highest BCUT2D eigenvalue weighted by Crippen LogP contribution is 2.23. The Morgan fingerprint density at radius 2 is 2.10 bits per heavy atom. The summed E-state index contributed by atoms with van der Waals surface area (Å²) in [6.07, 6.45) is 2.20. The maximum Gasteiger partial charge on any atom is 0.327 e. The minimum Gasteiger partial charge on any atom is -0.508 e. The molecule has 0 spiro atoms. The number of esters is 1. The van der Waals surface area contributed by atoms with Gasteiger partial charge in [0.25, 0.3) is 5.56 Å². The zero-order valence-corrected chi connectivity index (χ0v) is 13.0. The molecule has 7 nitrogen and oxygen atoms in total. The van der Waals surface area contributed by atoms with Gasteiger partial charge in [-0.1, -0.05) is 0 Å². The first-order chi connectivity index (χ1) is 9.61. The van der Waals surface area contributed by atoms with Crippen LogP contribution >= 0.6 is 0 Å². The number of sulfone groups is 1. The van der Waals surface area contributed by atoms with Gasteiger partial charge in [0.2, 0.25) is 0 Å². The minimum atomic E-state index is -3.72. The second kappa shape index (κ2) is 6.30. The van der Waals surface area contributed by atoms with Crippen LogP contribution in [0, 0.1) is 0 Å². The van der Waals surface area contributed by atoms with Crippen molar-refractivity contribution in [3.8, 4) is 5.75 Å². The Balaban J connectivity index is 3.04. The summed E-state index contributed by atoms with van der Waals surface area (Å²) in [6.45, 7) is 2.96. The summed E-state index contributed by atoms with van der Waals surface area (Å²) < 4.78 is 28.1. The number of aryl methyl sites for hydroxylation is 1. The fraction of sp³-hybridized carbons (Fsp3) is 0.538. The number of aromatic nitrogens is 1. The molecule has 0 aliphatic rings. The van der Waals surface area contributed by atoms with Crippen molar-refractivity contribution >= 4 is 15.8 Å². The van der Waals surface area contributed by atoms with Crippen LogP contribution in [0.2, 0.25) is 0 Å². The molecule has 0 amide bonds. The molecule has 118 valence electrons. The molecule has 1 rings (SSSR count). The van der Waals surface area contributed by atoms with Crippen molar-refractivity contribution in [3.63, 3.8) is 0 Å². The van der Waals surface area contributed by atoms with E-state index in [1.807, 2.05) is 0 Å². The zero-order chi connectivity index (χ0) is 16.3. The number of nitrogens with zero attached hydrogens (tertiary/aromatic N) is 1. The van der Waals surface area contributed by atoms with Gasteiger partial charge in [-0.2, -0.15) is 0 Å². The fourth-order valence-corrected chi connectivity index (χ4v) is 2.56. The lowest BCUT2D eigenvalue weighted by Gasteiger charge is -2.25. The first-order valence-corrected chi connectivity index (χ1v) is 8.27. The highest BCUT2D eigenvalue weighted by molar-refractivity contribution is 7.92. The molecule has 8 heteroatoms. The van der Waals surface area contributed by atoms with Crippen molar-refractivity contribution in [2.75, 3.05) is 12.9 Å². The lowest BCUT2D eigenvalue weighted by Crippen LogP contribution is -2.45. The Morgan fingerprint density at radius 1 is 1.48 bits per heavy atom. The van der Waals surface area contributed by atoms with Gasteiger partial charge in [-0.15, -0.1) is 0 Å². The number of hydrogen-bond acceptors (Lipinski definition) is 6. The van der Waals surface area contributed by atoms with Gasteiger partial charge in [0, 0.05) is 25.1 Å². The molecule has 1 aromatic rings. The average molecular weight is 317 g/mol. The Bertz CT molecular complexity index is 678. The van der Waals surface area contributed by atoms with E-state index in [0.717, 1.165) is 12.3 Å². The third-order valence-corrected chi connectivity index (χ3v) is 5.34. The van der Waals surface area contributed by atoms with E-state index >= 15 is 0 Å². The fourth-order valence-electron chi connectivity index (χ4n) is 1.74. The molecule has 0 bridgehead atoms. The molecule has 0 aromatic carbocycles. The maximum atomic E-state index is 11.9. The first kappa shape index (κ1) is 17.2. The number of carbonyl (C=O) groups is 1. The van der Waals surface area contributed by atoms with Crippen molar-refractivity contribution in [1.82, 2.24) is 4.57 Å². The SMILES string of the molecule is CCOC(=O)C(C)(CCn1ccc(O)cc1=O)S(C)(=O)=O. The first-order valence-electron chi connectivity index (χ1n) is 6.38.